The molecule has 1 aliphatic rings. The lowest BCUT2D eigenvalue weighted by Gasteiger charge is -2.19. The van der Waals surface area contributed by atoms with Gasteiger partial charge in [0.15, 0.2) is 17.3 Å². The van der Waals surface area contributed by atoms with Crippen LogP contribution < -0.4 is 20.1 Å². The van der Waals surface area contributed by atoms with E-state index < -0.39 is 0 Å². The zero-order valence-electron chi connectivity index (χ0n) is 15.6. The van der Waals surface area contributed by atoms with Crippen molar-refractivity contribution in [3.63, 3.8) is 0 Å². The fourth-order valence-corrected chi connectivity index (χ4v) is 2.78. The minimum Gasteiger partial charge on any atom is -0.486 e. The number of carbonyl (C=O) groups excluding carboxylic acids is 2. The van der Waals surface area contributed by atoms with Crippen molar-refractivity contribution < 1.29 is 19.1 Å². The Labute approximate surface area is 166 Å². The molecule has 0 fully saturated rings. The fourth-order valence-electron chi connectivity index (χ4n) is 2.78. The number of ketones is 1. The molecule has 0 spiro atoms. The van der Waals surface area contributed by atoms with Gasteiger partial charge in [-0.25, -0.2) is 9.97 Å². The fraction of sp³-hybridized carbons (Fsp3) is 0.143. The van der Waals surface area contributed by atoms with Crippen molar-refractivity contribution in [2.75, 3.05) is 23.8 Å². The van der Waals surface area contributed by atoms with Gasteiger partial charge in [-0.05, 0) is 49.4 Å². The Balaban J connectivity index is 1.46. The van der Waals surface area contributed by atoms with Gasteiger partial charge in [0.1, 0.15) is 18.9 Å². The third-order valence-electron chi connectivity index (χ3n) is 4.24. The first-order chi connectivity index (χ1) is 14.1. The average Bonchev–Trinajstić information content (AvgIpc) is 2.74. The van der Waals surface area contributed by atoms with E-state index in [0.717, 1.165) is 0 Å². The summed E-state index contributed by atoms with van der Waals surface area (Å²) in [7, 11) is 0. The van der Waals surface area contributed by atoms with E-state index >= 15 is 0 Å². The molecule has 146 valence electrons. The highest BCUT2D eigenvalue weighted by atomic mass is 16.6. The van der Waals surface area contributed by atoms with Gasteiger partial charge in [-0.15, -0.1) is 0 Å². The maximum absolute atomic E-state index is 12.5. The summed E-state index contributed by atoms with van der Waals surface area (Å²) in [4.78, 5) is 32.3. The third-order valence-corrected chi connectivity index (χ3v) is 4.24. The lowest BCUT2D eigenvalue weighted by molar-refractivity contribution is 0.101. The van der Waals surface area contributed by atoms with E-state index in [4.69, 9.17) is 9.47 Å². The quantitative estimate of drug-likeness (QED) is 0.643. The van der Waals surface area contributed by atoms with E-state index in [1.807, 2.05) is 6.07 Å². The van der Waals surface area contributed by atoms with Crippen molar-refractivity contribution in [1.82, 2.24) is 9.97 Å². The molecule has 29 heavy (non-hydrogen) atoms. The molecule has 1 aliphatic heterocycles. The van der Waals surface area contributed by atoms with E-state index in [1.165, 1.54) is 19.2 Å². The maximum Gasteiger partial charge on any atom is 0.274 e. The van der Waals surface area contributed by atoms with Gasteiger partial charge in [-0.2, -0.15) is 0 Å². The number of rotatable bonds is 5. The highest BCUT2D eigenvalue weighted by Gasteiger charge is 2.13. The number of hydrogen-bond acceptors (Lipinski definition) is 7. The van der Waals surface area contributed by atoms with Crippen LogP contribution in [0.2, 0.25) is 0 Å². The Bertz CT molecular complexity index is 1070. The molecule has 0 aliphatic carbocycles. The molecule has 0 saturated heterocycles. The summed E-state index contributed by atoms with van der Waals surface area (Å²) in [5.41, 5.74) is 2.07. The van der Waals surface area contributed by atoms with Crippen LogP contribution in [0.5, 0.6) is 11.5 Å². The van der Waals surface area contributed by atoms with Crippen molar-refractivity contribution in [2.45, 2.75) is 6.92 Å². The first kappa shape index (κ1) is 18.4. The molecule has 1 aromatic heterocycles. The first-order valence-corrected chi connectivity index (χ1v) is 9.00. The first-order valence-electron chi connectivity index (χ1n) is 9.00. The summed E-state index contributed by atoms with van der Waals surface area (Å²) in [6, 6.07) is 13.6. The second kappa shape index (κ2) is 7.97. The highest BCUT2D eigenvalue weighted by molar-refractivity contribution is 6.03. The number of amides is 1. The van der Waals surface area contributed by atoms with Gasteiger partial charge in [0.25, 0.3) is 5.91 Å². The van der Waals surface area contributed by atoms with Crippen LogP contribution in [-0.2, 0) is 0 Å². The molecule has 1 amide bonds. The van der Waals surface area contributed by atoms with Crippen molar-refractivity contribution in [3.05, 3.63) is 66.0 Å². The minimum absolute atomic E-state index is 0.0338. The lowest BCUT2D eigenvalue weighted by Crippen LogP contribution is -2.16. The summed E-state index contributed by atoms with van der Waals surface area (Å²) in [6.07, 6.45) is 1.50. The smallest absolute Gasteiger partial charge is 0.274 e. The summed E-state index contributed by atoms with van der Waals surface area (Å²) < 4.78 is 11.1. The molecule has 0 radical (unpaired) electrons. The topological polar surface area (TPSA) is 102 Å². The predicted molar refractivity (Wildman–Crippen MR) is 107 cm³/mol. The molecular formula is C21H18N4O4. The number of Topliss-reactive ketones (excluding diaryl/α,β-unsaturated/α-hetero) is 1. The minimum atomic E-state index is -0.381. The highest BCUT2D eigenvalue weighted by Crippen LogP contribution is 2.33. The number of aromatic nitrogens is 2. The Morgan fingerprint density at radius 3 is 2.41 bits per heavy atom. The third kappa shape index (κ3) is 4.32. The molecular weight excluding hydrogens is 372 g/mol. The van der Waals surface area contributed by atoms with Crippen LogP contribution in [0.25, 0.3) is 0 Å². The van der Waals surface area contributed by atoms with Gasteiger partial charge in [0, 0.05) is 29.2 Å². The van der Waals surface area contributed by atoms with Crippen molar-refractivity contribution in [1.29, 1.82) is 0 Å². The molecule has 2 aromatic carbocycles. The number of carbonyl (C=O) groups is 2. The largest absolute Gasteiger partial charge is 0.486 e. The normalized spacial score (nSPS) is 12.2. The van der Waals surface area contributed by atoms with Gasteiger partial charge in [0.05, 0.1) is 0 Å². The van der Waals surface area contributed by atoms with Gasteiger partial charge in [0.2, 0.25) is 5.95 Å². The van der Waals surface area contributed by atoms with E-state index in [1.54, 1.807) is 36.4 Å². The second-order valence-corrected chi connectivity index (χ2v) is 6.34. The Morgan fingerprint density at radius 2 is 1.66 bits per heavy atom. The van der Waals surface area contributed by atoms with Crippen molar-refractivity contribution in [2.24, 2.45) is 0 Å². The summed E-state index contributed by atoms with van der Waals surface area (Å²) in [5.74, 6) is 1.19. The van der Waals surface area contributed by atoms with Crippen LogP contribution >= 0.6 is 0 Å². The van der Waals surface area contributed by atoms with E-state index in [2.05, 4.69) is 20.6 Å². The van der Waals surface area contributed by atoms with E-state index in [0.29, 0.717) is 41.7 Å². The zero-order chi connectivity index (χ0) is 20.2. The standard InChI is InChI=1S/C21H18N4O4/c1-13(26)14-2-4-15(5-3-14)23-20(27)17-8-9-22-21(25-17)24-16-6-7-18-19(12-16)29-11-10-28-18/h2-9,12H,10-11H2,1H3,(H,23,27)(H,22,24,25). The summed E-state index contributed by atoms with van der Waals surface area (Å²) in [6.45, 7) is 2.51. The molecule has 2 heterocycles. The molecule has 0 atom stereocenters. The number of nitrogens with zero attached hydrogens (tertiary/aromatic N) is 2. The van der Waals surface area contributed by atoms with Crippen molar-refractivity contribution >= 4 is 29.0 Å². The summed E-state index contributed by atoms with van der Waals surface area (Å²) >= 11 is 0. The van der Waals surface area contributed by atoms with Gasteiger partial charge >= 0.3 is 0 Å². The number of anilines is 3. The Hall–Kier alpha value is -3.94. The number of nitrogens with one attached hydrogen (secondary N) is 2. The molecule has 0 bridgehead atoms. The molecule has 0 saturated carbocycles. The number of benzene rings is 2. The van der Waals surface area contributed by atoms with Gasteiger partial charge in [-0.3, -0.25) is 9.59 Å². The van der Waals surface area contributed by atoms with E-state index in [-0.39, 0.29) is 23.3 Å². The van der Waals surface area contributed by atoms with Crippen LogP contribution in [0.4, 0.5) is 17.3 Å². The molecule has 2 N–H and O–H groups in total. The van der Waals surface area contributed by atoms with E-state index in [9.17, 15) is 9.59 Å². The molecule has 3 aromatic rings. The monoisotopic (exact) mass is 390 g/mol. The van der Waals surface area contributed by atoms with Crippen LogP contribution in [0.15, 0.2) is 54.7 Å². The second-order valence-electron chi connectivity index (χ2n) is 6.34. The van der Waals surface area contributed by atoms with Gasteiger partial charge < -0.3 is 20.1 Å². The average molecular weight is 390 g/mol. The van der Waals surface area contributed by atoms with Crippen molar-refractivity contribution in [3.8, 4) is 11.5 Å². The van der Waals surface area contributed by atoms with Crippen LogP contribution in [0.3, 0.4) is 0 Å². The van der Waals surface area contributed by atoms with Crippen LogP contribution in [0.1, 0.15) is 27.8 Å². The maximum atomic E-state index is 12.5. The Morgan fingerprint density at radius 1 is 0.931 bits per heavy atom. The molecule has 0 unspecified atom stereocenters. The zero-order valence-corrected chi connectivity index (χ0v) is 15.6. The van der Waals surface area contributed by atoms with Crippen LogP contribution in [0, 0.1) is 0 Å². The summed E-state index contributed by atoms with van der Waals surface area (Å²) in [5, 5.41) is 5.81. The van der Waals surface area contributed by atoms with Crippen LogP contribution in [-0.4, -0.2) is 34.9 Å². The SMILES string of the molecule is CC(=O)c1ccc(NC(=O)c2ccnc(Nc3ccc4c(c3)OCCO4)n2)cc1. The molecule has 8 heteroatoms. The Kier molecular flexibility index (Phi) is 5.07. The molecule has 8 nitrogen and oxygen atoms in total. The molecule has 4 rings (SSSR count). The van der Waals surface area contributed by atoms with Gasteiger partial charge in [-0.1, -0.05) is 0 Å². The lowest BCUT2D eigenvalue weighted by atomic mass is 10.1. The number of ether oxygens (including phenoxy) is 2. The predicted octanol–water partition coefficient (Wildman–Crippen LogP) is 3.45. The number of hydrogen-bond donors (Lipinski definition) is 2. The number of fused-ring (bicyclic) bond motifs is 1.